The molecule has 22 heavy (non-hydrogen) atoms. The van der Waals surface area contributed by atoms with Crippen molar-refractivity contribution in [1.82, 2.24) is 9.80 Å². The van der Waals surface area contributed by atoms with Crippen LogP contribution in [-0.2, 0) is 14.4 Å². The van der Waals surface area contributed by atoms with Crippen LogP contribution >= 0.6 is 0 Å². The van der Waals surface area contributed by atoms with Crippen molar-refractivity contribution >= 4 is 17.7 Å². The third-order valence-corrected chi connectivity index (χ3v) is 5.38. The van der Waals surface area contributed by atoms with E-state index in [1.165, 1.54) is 11.8 Å². The summed E-state index contributed by atoms with van der Waals surface area (Å²) in [5.74, 6) is -0.833. The molecule has 1 spiro atoms. The highest BCUT2D eigenvalue weighted by Gasteiger charge is 2.62. The zero-order chi connectivity index (χ0) is 16.1. The van der Waals surface area contributed by atoms with Crippen LogP contribution in [0.5, 0.6) is 0 Å². The molecule has 0 aromatic carbocycles. The normalized spacial score (nSPS) is 30.9. The van der Waals surface area contributed by atoms with Gasteiger partial charge in [0.15, 0.2) is 0 Å². The van der Waals surface area contributed by atoms with Crippen LogP contribution in [0.15, 0.2) is 0 Å². The molecule has 3 N–H and O–H groups in total. The SMILES string of the molecule is CC(O)C(C(N)=O)N1C[C@]2(CCCN2C(=O)C2CCC2)C1=O. The van der Waals surface area contributed by atoms with Gasteiger partial charge in [0, 0.05) is 12.5 Å². The maximum atomic E-state index is 12.7. The first-order valence-electron chi connectivity index (χ1n) is 7.98. The number of hydrogen-bond acceptors (Lipinski definition) is 4. The average Bonchev–Trinajstić information content (AvgIpc) is 2.81. The van der Waals surface area contributed by atoms with Crippen molar-refractivity contribution in [3.63, 3.8) is 0 Å². The molecule has 3 aliphatic rings. The summed E-state index contributed by atoms with van der Waals surface area (Å²) in [6.45, 7) is 2.34. The summed E-state index contributed by atoms with van der Waals surface area (Å²) < 4.78 is 0. The molecule has 0 aromatic rings. The second-order valence-electron chi connectivity index (χ2n) is 6.77. The van der Waals surface area contributed by atoms with Gasteiger partial charge in [-0.3, -0.25) is 14.4 Å². The Bertz CT molecular complexity index is 517. The minimum absolute atomic E-state index is 0.0560. The fourth-order valence-electron chi connectivity index (χ4n) is 3.94. The molecule has 7 heteroatoms. The number of carbonyl (C=O) groups excluding carboxylic acids is 3. The maximum Gasteiger partial charge on any atom is 0.251 e. The number of hydrogen-bond donors (Lipinski definition) is 2. The summed E-state index contributed by atoms with van der Waals surface area (Å²) in [6, 6.07) is -1.01. The molecule has 0 bridgehead atoms. The topological polar surface area (TPSA) is 104 Å². The molecule has 1 aliphatic carbocycles. The Labute approximate surface area is 129 Å². The van der Waals surface area contributed by atoms with E-state index < -0.39 is 23.6 Å². The average molecular weight is 309 g/mol. The first-order chi connectivity index (χ1) is 10.4. The number of likely N-dealkylation sites (tertiary alicyclic amines) is 2. The Balaban J connectivity index is 1.76. The van der Waals surface area contributed by atoms with Gasteiger partial charge in [0.05, 0.1) is 12.6 Å². The minimum atomic E-state index is -1.02. The molecule has 3 atom stereocenters. The van der Waals surface area contributed by atoms with Gasteiger partial charge >= 0.3 is 0 Å². The number of β-lactam (4-membered cyclic amide) rings is 1. The number of carbonyl (C=O) groups is 3. The first kappa shape index (κ1) is 15.3. The second-order valence-corrected chi connectivity index (χ2v) is 6.77. The van der Waals surface area contributed by atoms with Gasteiger partial charge in [-0.05, 0) is 32.6 Å². The number of aliphatic hydroxyl groups is 1. The van der Waals surface area contributed by atoms with E-state index in [0.29, 0.717) is 19.5 Å². The summed E-state index contributed by atoms with van der Waals surface area (Å²) in [6.07, 6.45) is 3.29. The summed E-state index contributed by atoms with van der Waals surface area (Å²) in [7, 11) is 0. The van der Waals surface area contributed by atoms with Crippen LogP contribution in [0.2, 0.25) is 0 Å². The van der Waals surface area contributed by atoms with Gasteiger partial charge in [-0.1, -0.05) is 6.42 Å². The number of rotatable bonds is 4. The summed E-state index contributed by atoms with van der Waals surface area (Å²) in [4.78, 5) is 39.8. The largest absolute Gasteiger partial charge is 0.391 e. The van der Waals surface area contributed by atoms with E-state index in [1.807, 2.05) is 0 Å². The Morgan fingerprint density at radius 3 is 2.50 bits per heavy atom. The number of nitrogens with zero attached hydrogens (tertiary/aromatic N) is 2. The highest BCUT2D eigenvalue weighted by molar-refractivity contribution is 6.00. The predicted octanol–water partition coefficient (Wildman–Crippen LogP) is -0.775. The zero-order valence-electron chi connectivity index (χ0n) is 12.8. The number of primary amides is 1. The first-order valence-corrected chi connectivity index (χ1v) is 7.98. The third-order valence-electron chi connectivity index (χ3n) is 5.38. The van der Waals surface area contributed by atoms with Gasteiger partial charge in [-0.15, -0.1) is 0 Å². The van der Waals surface area contributed by atoms with Gasteiger partial charge in [0.2, 0.25) is 11.8 Å². The molecule has 0 radical (unpaired) electrons. The molecular formula is C15H23N3O4. The molecule has 3 fully saturated rings. The maximum absolute atomic E-state index is 12.7. The molecular weight excluding hydrogens is 286 g/mol. The molecule has 1 saturated carbocycles. The lowest BCUT2D eigenvalue weighted by atomic mass is 9.80. The molecule has 2 saturated heterocycles. The van der Waals surface area contributed by atoms with E-state index in [9.17, 15) is 19.5 Å². The minimum Gasteiger partial charge on any atom is -0.391 e. The van der Waals surface area contributed by atoms with Gasteiger partial charge in [0.25, 0.3) is 5.91 Å². The fourth-order valence-corrected chi connectivity index (χ4v) is 3.94. The van der Waals surface area contributed by atoms with Crippen LogP contribution in [0.4, 0.5) is 0 Å². The molecule has 3 amide bonds. The summed E-state index contributed by atoms with van der Waals surface area (Å²) in [5.41, 5.74) is 4.50. The summed E-state index contributed by atoms with van der Waals surface area (Å²) in [5, 5.41) is 9.70. The fraction of sp³-hybridized carbons (Fsp3) is 0.800. The molecule has 122 valence electrons. The van der Waals surface area contributed by atoms with Crippen LogP contribution in [0.25, 0.3) is 0 Å². The van der Waals surface area contributed by atoms with Crippen molar-refractivity contribution in [1.29, 1.82) is 0 Å². The zero-order valence-corrected chi connectivity index (χ0v) is 12.8. The lowest BCUT2D eigenvalue weighted by Crippen LogP contribution is -2.77. The number of nitrogens with two attached hydrogens (primary N) is 1. The van der Waals surface area contributed by atoms with Crippen LogP contribution in [-0.4, -0.2) is 63.4 Å². The smallest absolute Gasteiger partial charge is 0.251 e. The Hall–Kier alpha value is -1.63. The third kappa shape index (κ3) is 2.02. The Morgan fingerprint density at radius 2 is 2.05 bits per heavy atom. The highest BCUT2D eigenvalue weighted by Crippen LogP contribution is 2.42. The van der Waals surface area contributed by atoms with E-state index >= 15 is 0 Å². The van der Waals surface area contributed by atoms with Crippen molar-refractivity contribution in [2.45, 2.75) is 56.7 Å². The van der Waals surface area contributed by atoms with Gasteiger partial charge in [-0.25, -0.2) is 0 Å². The predicted molar refractivity (Wildman–Crippen MR) is 77.4 cm³/mol. The van der Waals surface area contributed by atoms with Crippen molar-refractivity contribution < 1.29 is 19.5 Å². The van der Waals surface area contributed by atoms with E-state index in [2.05, 4.69) is 0 Å². The molecule has 3 rings (SSSR count). The standard InChI is InChI=1S/C15H23N3O4/c1-9(19)11(12(16)20)17-8-15(14(17)22)6-3-7-18(15)13(21)10-4-2-5-10/h9-11,19H,2-8H2,1H3,(H2,16,20)/t9?,11?,15-/m1/s1. The lowest BCUT2D eigenvalue weighted by Gasteiger charge is -2.54. The van der Waals surface area contributed by atoms with Crippen LogP contribution in [0, 0.1) is 5.92 Å². The summed E-state index contributed by atoms with van der Waals surface area (Å²) >= 11 is 0. The van der Waals surface area contributed by atoms with E-state index in [4.69, 9.17) is 5.73 Å². The molecule has 7 nitrogen and oxygen atoms in total. The monoisotopic (exact) mass is 309 g/mol. The molecule has 2 unspecified atom stereocenters. The van der Waals surface area contributed by atoms with E-state index in [0.717, 1.165) is 25.7 Å². The number of aliphatic hydroxyl groups excluding tert-OH is 1. The van der Waals surface area contributed by atoms with E-state index in [-0.39, 0.29) is 17.7 Å². The lowest BCUT2D eigenvalue weighted by molar-refractivity contribution is -0.177. The van der Waals surface area contributed by atoms with Gasteiger partial charge in [-0.2, -0.15) is 0 Å². The Morgan fingerprint density at radius 1 is 1.36 bits per heavy atom. The van der Waals surface area contributed by atoms with E-state index in [1.54, 1.807) is 4.90 Å². The Kier molecular flexibility index (Phi) is 3.63. The van der Waals surface area contributed by atoms with Crippen molar-refractivity contribution in [2.24, 2.45) is 11.7 Å². The molecule has 0 aromatic heterocycles. The number of amides is 3. The van der Waals surface area contributed by atoms with Crippen LogP contribution < -0.4 is 5.73 Å². The molecule has 2 aliphatic heterocycles. The highest BCUT2D eigenvalue weighted by atomic mass is 16.3. The second kappa shape index (κ2) is 5.22. The molecule has 2 heterocycles. The quantitative estimate of drug-likeness (QED) is 0.665. The van der Waals surface area contributed by atoms with Crippen molar-refractivity contribution in [3.8, 4) is 0 Å². The van der Waals surface area contributed by atoms with Crippen molar-refractivity contribution in [3.05, 3.63) is 0 Å². The van der Waals surface area contributed by atoms with Gasteiger partial charge in [0.1, 0.15) is 11.6 Å². The van der Waals surface area contributed by atoms with Crippen molar-refractivity contribution in [2.75, 3.05) is 13.1 Å². The van der Waals surface area contributed by atoms with Gasteiger partial charge < -0.3 is 20.6 Å². The van der Waals surface area contributed by atoms with Crippen LogP contribution in [0.3, 0.4) is 0 Å². The van der Waals surface area contributed by atoms with Crippen LogP contribution in [0.1, 0.15) is 39.0 Å².